The van der Waals surface area contributed by atoms with Crippen molar-refractivity contribution in [3.63, 3.8) is 0 Å². The van der Waals surface area contributed by atoms with Gasteiger partial charge in [-0.25, -0.2) is 19.2 Å². The van der Waals surface area contributed by atoms with Gasteiger partial charge in [-0.1, -0.05) is 60.7 Å². The molecule has 2 heterocycles. The first kappa shape index (κ1) is 28.5. The van der Waals surface area contributed by atoms with Gasteiger partial charge in [0.1, 0.15) is 17.3 Å². The van der Waals surface area contributed by atoms with Gasteiger partial charge in [-0.05, 0) is 55.5 Å². The summed E-state index contributed by atoms with van der Waals surface area (Å²) in [6, 6.07) is 23.8. The molecule has 2 N–H and O–H groups in total. The minimum Gasteiger partial charge on any atom is -0.493 e. The van der Waals surface area contributed by atoms with Crippen LogP contribution in [-0.4, -0.2) is 41.7 Å². The second-order valence-corrected chi connectivity index (χ2v) is 9.85. The van der Waals surface area contributed by atoms with Crippen LogP contribution in [0.2, 0.25) is 0 Å². The van der Waals surface area contributed by atoms with Crippen molar-refractivity contribution in [2.75, 3.05) is 13.2 Å². The molecule has 0 saturated carbocycles. The van der Waals surface area contributed by atoms with E-state index in [1.807, 2.05) is 60.7 Å². The molecule has 0 radical (unpaired) electrons. The number of hydrogen-bond acceptors (Lipinski definition) is 6. The van der Waals surface area contributed by atoms with Crippen molar-refractivity contribution in [3.05, 3.63) is 113 Å². The average Bonchev–Trinajstić information content (AvgIpc) is 3.31. The molecule has 0 spiro atoms. The summed E-state index contributed by atoms with van der Waals surface area (Å²) in [6.45, 7) is 0.698. The zero-order chi connectivity index (χ0) is 29.3. The molecule has 0 saturated heterocycles. The van der Waals surface area contributed by atoms with Crippen molar-refractivity contribution in [2.24, 2.45) is 15.7 Å². The number of aliphatic imine (C=N–C) groups is 2. The molecule has 0 aliphatic carbocycles. The monoisotopic (exact) mass is 566 g/mol. The fourth-order valence-corrected chi connectivity index (χ4v) is 4.68. The molecule has 5 rings (SSSR count). The highest BCUT2D eigenvalue weighted by Gasteiger charge is 2.35. The number of unbranched alkanes of at least 4 members (excludes halogenated alkanes) is 3. The first-order valence-corrected chi connectivity index (χ1v) is 13.9. The van der Waals surface area contributed by atoms with Gasteiger partial charge in [-0.3, -0.25) is 9.69 Å². The quantitative estimate of drug-likeness (QED) is 0.210. The number of hydrogen-bond donors (Lipinski definition) is 1. The van der Waals surface area contributed by atoms with Crippen LogP contribution in [0, 0.1) is 5.82 Å². The minimum atomic E-state index is -0.773. The second kappa shape index (κ2) is 13.5. The summed E-state index contributed by atoms with van der Waals surface area (Å²) in [4.78, 5) is 35.3. The average molecular weight is 567 g/mol. The number of amides is 2. The van der Waals surface area contributed by atoms with E-state index in [1.165, 1.54) is 17.0 Å². The molecule has 2 amide bonds. The van der Waals surface area contributed by atoms with Crippen molar-refractivity contribution in [2.45, 2.75) is 32.1 Å². The number of nitrogens with two attached hydrogens (primary N) is 1. The Kier molecular flexibility index (Phi) is 9.18. The zero-order valence-electron chi connectivity index (χ0n) is 23.0. The van der Waals surface area contributed by atoms with Crippen molar-refractivity contribution < 1.29 is 23.5 Å². The molecular weight excluding hydrogens is 535 g/mol. The van der Waals surface area contributed by atoms with Crippen LogP contribution in [0.1, 0.15) is 42.4 Å². The van der Waals surface area contributed by atoms with E-state index in [-0.39, 0.29) is 11.6 Å². The smallest absolute Gasteiger partial charge is 0.404 e. The second-order valence-electron chi connectivity index (χ2n) is 9.85. The SMILES string of the molecule is NC(=O)OCCCCCCOc1ccc(F)cc1/C=C1\N=C2C(Cc3ccccc3)=NC(c3ccccc3)=CN2C1=O. The third-order valence-electron chi connectivity index (χ3n) is 6.75. The molecule has 42 heavy (non-hydrogen) atoms. The van der Waals surface area contributed by atoms with Gasteiger partial charge in [0.2, 0.25) is 0 Å². The predicted octanol–water partition coefficient (Wildman–Crippen LogP) is 6.14. The lowest BCUT2D eigenvalue weighted by Crippen LogP contribution is -2.36. The Hall–Kier alpha value is -5.05. The number of carbonyl (C=O) groups is 2. The Morgan fingerprint density at radius 1 is 0.905 bits per heavy atom. The van der Waals surface area contributed by atoms with Gasteiger partial charge in [0.05, 0.1) is 24.6 Å². The number of carbonyl (C=O) groups excluding carboxylic acids is 2. The van der Waals surface area contributed by atoms with Crippen LogP contribution in [0.15, 0.2) is 101 Å². The summed E-state index contributed by atoms with van der Waals surface area (Å²) in [7, 11) is 0. The van der Waals surface area contributed by atoms with Crippen LogP contribution >= 0.6 is 0 Å². The maximum absolute atomic E-state index is 14.3. The van der Waals surface area contributed by atoms with Crippen LogP contribution < -0.4 is 10.5 Å². The lowest BCUT2D eigenvalue weighted by molar-refractivity contribution is -0.120. The van der Waals surface area contributed by atoms with Crippen molar-refractivity contribution in [1.29, 1.82) is 0 Å². The summed E-state index contributed by atoms with van der Waals surface area (Å²) in [5.74, 6) is 0.135. The van der Waals surface area contributed by atoms with Gasteiger partial charge in [0.15, 0.2) is 5.84 Å². The highest BCUT2D eigenvalue weighted by Crippen LogP contribution is 2.30. The zero-order valence-corrected chi connectivity index (χ0v) is 23.0. The number of primary amides is 1. The fourth-order valence-electron chi connectivity index (χ4n) is 4.68. The van der Waals surface area contributed by atoms with E-state index in [0.717, 1.165) is 30.4 Å². The summed E-state index contributed by atoms with van der Waals surface area (Å²) < 4.78 is 25.0. The van der Waals surface area contributed by atoms with Crippen LogP contribution in [0.3, 0.4) is 0 Å². The number of nitrogens with zero attached hydrogens (tertiary/aromatic N) is 3. The van der Waals surface area contributed by atoms with Gasteiger partial charge < -0.3 is 15.2 Å². The highest BCUT2D eigenvalue weighted by atomic mass is 19.1. The molecule has 8 nitrogen and oxygen atoms in total. The van der Waals surface area contributed by atoms with Crippen LogP contribution in [-0.2, 0) is 16.0 Å². The van der Waals surface area contributed by atoms with Gasteiger partial charge in [0.25, 0.3) is 5.91 Å². The van der Waals surface area contributed by atoms with Gasteiger partial charge >= 0.3 is 6.09 Å². The first-order chi connectivity index (χ1) is 20.5. The van der Waals surface area contributed by atoms with Crippen molar-refractivity contribution >= 4 is 35.3 Å². The van der Waals surface area contributed by atoms with E-state index in [2.05, 4.69) is 4.99 Å². The Bertz CT molecular complexity index is 1570. The van der Waals surface area contributed by atoms with E-state index >= 15 is 0 Å². The molecule has 3 aromatic carbocycles. The number of ether oxygens (including phenoxy) is 2. The van der Waals surface area contributed by atoms with E-state index in [0.29, 0.717) is 54.6 Å². The Balaban J connectivity index is 1.35. The minimum absolute atomic E-state index is 0.168. The van der Waals surface area contributed by atoms with Gasteiger partial charge in [-0.2, -0.15) is 0 Å². The summed E-state index contributed by atoms with van der Waals surface area (Å²) in [5.41, 5.74) is 8.80. The molecule has 0 bridgehead atoms. The predicted molar refractivity (Wildman–Crippen MR) is 160 cm³/mol. The summed E-state index contributed by atoms with van der Waals surface area (Å²) in [5, 5.41) is 0. The summed E-state index contributed by atoms with van der Waals surface area (Å²) in [6.07, 6.45) is 6.16. The molecule has 0 unspecified atom stereocenters. The normalized spacial score (nSPS) is 15.2. The maximum Gasteiger partial charge on any atom is 0.404 e. The third kappa shape index (κ3) is 7.17. The van der Waals surface area contributed by atoms with E-state index in [9.17, 15) is 14.0 Å². The van der Waals surface area contributed by atoms with E-state index in [1.54, 1.807) is 18.3 Å². The third-order valence-corrected chi connectivity index (χ3v) is 6.75. The van der Waals surface area contributed by atoms with E-state index < -0.39 is 11.9 Å². The van der Waals surface area contributed by atoms with Crippen LogP contribution in [0.4, 0.5) is 9.18 Å². The summed E-state index contributed by atoms with van der Waals surface area (Å²) >= 11 is 0. The molecule has 0 atom stereocenters. The largest absolute Gasteiger partial charge is 0.493 e. The molecule has 3 aromatic rings. The molecule has 0 fully saturated rings. The fraction of sp³-hybridized carbons (Fsp3) is 0.212. The molecular formula is C33H31FN4O4. The van der Waals surface area contributed by atoms with Gasteiger partial charge in [-0.15, -0.1) is 0 Å². The van der Waals surface area contributed by atoms with Crippen LogP contribution in [0.5, 0.6) is 5.75 Å². The Morgan fingerprint density at radius 3 is 2.36 bits per heavy atom. The Labute approximate surface area is 243 Å². The van der Waals surface area contributed by atoms with Crippen molar-refractivity contribution in [1.82, 2.24) is 4.90 Å². The lowest BCUT2D eigenvalue weighted by atomic mass is 10.1. The highest BCUT2D eigenvalue weighted by molar-refractivity contribution is 6.48. The standard InChI is InChI=1S/C33H31FN4O4/c34-26-15-16-30(41-17-9-1-2-10-18-42-33(35)40)25(20-26)21-28-32(39)38-22-29(24-13-7-4-8-14-24)36-27(31(38)37-28)19-23-11-5-3-6-12-23/h3-8,11-16,20-22H,1-2,9-10,17-19H2,(H2,35,40)/b28-21-. The number of halogens is 1. The number of amidine groups is 1. The topological polar surface area (TPSA) is 107 Å². The lowest BCUT2D eigenvalue weighted by Gasteiger charge is -2.21. The van der Waals surface area contributed by atoms with Crippen molar-refractivity contribution in [3.8, 4) is 5.75 Å². The van der Waals surface area contributed by atoms with Gasteiger partial charge in [0, 0.05) is 23.7 Å². The number of rotatable bonds is 12. The van der Waals surface area contributed by atoms with E-state index in [4.69, 9.17) is 20.2 Å². The number of fused-ring (bicyclic) bond motifs is 1. The molecule has 2 aliphatic heterocycles. The van der Waals surface area contributed by atoms with Crippen LogP contribution in [0.25, 0.3) is 11.8 Å². The molecule has 0 aromatic heterocycles. The molecule has 9 heteroatoms. The molecule has 214 valence electrons. The Morgan fingerprint density at radius 2 is 1.62 bits per heavy atom. The maximum atomic E-state index is 14.3. The number of benzene rings is 3. The first-order valence-electron chi connectivity index (χ1n) is 13.9. The molecule has 2 aliphatic rings.